The Morgan fingerprint density at radius 2 is 2.06 bits per heavy atom. The van der Waals surface area contributed by atoms with Crippen molar-refractivity contribution >= 4 is 27.4 Å². The molecule has 0 aliphatic heterocycles. The zero-order valence-electron chi connectivity index (χ0n) is 8.66. The average molecular weight is 280 g/mol. The first-order valence-electron chi connectivity index (χ1n) is 4.73. The number of nitrogen functional groups attached to an aromatic ring is 1. The highest BCUT2D eigenvalue weighted by Crippen LogP contribution is 2.23. The van der Waals surface area contributed by atoms with Gasteiger partial charge in [-0.15, -0.1) is 0 Å². The van der Waals surface area contributed by atoms with Crippen molar-refractivity contribution in [2.75, 3.05) is 5.73 Å². The van der Waals surface area contributed by atoms with E-state index in [-0.39, 0.29) is 5.78 Å². The smallest absolute Gasteiger partial charge is 0.197 e. The van der Waals surface area contributed by atoms with Crippen LogP contribution in [0.4, 0.5) is 5.69 Å². The molecule has 82 valence electrons. The minimum Gasteiger partial charge on any atom is -0.457 e. The normalized spacial score (nSPS) is 10.4. The number of anilines is 1. The summed E-state index contributed by atoms with van der Waals surface area (Å²) in [5, 5.41) is 0. The summed E-state index contributed by atoms with van der Waals surface area (Å²) in [6.45, 7) is 1.86. The topological polar surface area (TPSA) is 56.2 Å². The molecule has 3 nitrogen and oxygen atoms in total. The van der Waals surface area contributed by atoms with Gasteiger partial charge in [0, 0.05) is 11.3 Å². The van der Waals surface area contributed by atoms with Gasteiger partial charge in [-0.25, -0.2) is 0 Å². The summed E-state index contributed by atoms with van der Waals surface area (Å²) in [7, 11) is 0. The first-order chi connectivity index (χ1) is 7.59. The Morgan fingerprint density at radius 1 is 1.31 bits per heavy atom. The maximum Gasteiger partial charge on any atom is 0.197 e. The van der Waals surface area contributed by atoms with E-state index in [1.807, 2.05) is 6.92 Å². The van der Waals surface area contributed by atoms with Crippen LogP contribution in [0.5, 0.6) is 0 Å². The number of aryl methyl sites for hydroxylation is 1. The first kappa shape index (κ1) is 11.0. The summed E-state index contributed by atoms with van der Waals surface area (Å²) in [5.74, 6) is -0.0712. The lowest BCUT2D eigenvalue weighted by molar-refractivity contribution is 0.103. The van der Waals surface area contributed by atoms with Gasteiger partial charge in [-0.3, -0.25) is 4.79 Å². The molecule has 2 aromatic rings. The van der Waals surface area contributed by atoms with Crippen LogP contribution in [0.25, 0.3) is 0 Å². The fourth-order valence-corrected chi connectivity index (χ4v) is 1.96. The van der Waals surface area contributed by atoms with E-state index >= 15 is 0 Å². The fraction of sp³-hybridized carbons (Fsp3) is 0.0833. The number of furan rings is 1. The zero-order valence-corrected chi connectivity index (χ0v) is 10.2. The lowest BCUT2D eigenvalue weighted by Gasteiger charge is -2.04. The molecule has 0 saturated carbocycles. The van der Waals surface area contributed by atoms with Crippen molar-refractivity contribution in [3.8, 4) is 0 Å². The van der Waals surface area contributed by atoms with Crippen LogP contribution in [-0.2, 0) is 0 Å². The fourth-order valence-electron chi connectivity index (χ4n) is 1.54. The van der Waals surface area contributed by atoms with Crippen molar-refractivity contribution in [2.45, 2.75) is 6.92 Å². The standard InChI is InChI=1S/C12H10BrNO2/c1-7-6-8(14)2-3-9(7)11(15)10-4-5-16-12(10)13/h2-6H,14H2,1H3. The van der Waals surface area contributed by atoms with Crippen molar-refractivity contribution in [1.82, 2.24) is 0 Å². The van der Waals surface area contributed by atoms with E-state index in [4.69, 9.17) is 10.2 Å². The summed E-state index contributed by atoms with van der Waals surface area (Å²) in [6.07, 6.45) is 1.48. The Labute approximate surface area is 101 Å². The molecule has 16 heavy (non-hydrogen) atoms. The highest BCUT2D eigenvalue weighted by Gasteiger charge is 2.16. The second-order valence-electron chi connectivity index (χ2n) is 3.51. The minimum atomic E-state index is -0.0712. The number of nitrogens with two attached hydrogens (primary N) is 1. The molecular formula is C12H10BrNO2. The van der Waals surface area contributed by atoms with Gasteiger partial charge in [0.25, 0.3) is 0 Å². The highest BCUT2D eigenvalue weighted by atomic mass is 79.9. The van der Waals surface area contributed by atoms with E-state index in [1.54, 1.807) is 24.3 Å². The van der Waals surface area contributed by atoms with E-state index in [2.05, 4.69) is 15.9 Å². The Hall–Kier alpha value is -1.55. The number of carbonyl (C=O) groups is 1. The Balaban J connectivity index is 2.46. The Morgan fingerprint density at radius 3 is 2.62 bits per heavy atom. The van der Waals surface area contributed by atoms with Gasteiger partial charge in [-0.05, 0) is 52.7 Å². The predicted octanol–water partition coefficient (Wildman–Crippen LogP) is 3.16. The maximum absolute atomic E-state index is 12.1. The number of hydrogen-bond donors (Lipinski definition) is 1. The van der Waals surface area contributed by atoms with Gasteiger partial charge in [-0.2, -0.15) is 0 Å². The van der Waals surface area contributed by atoms with Crippen LogP contribution in [0.2, 0.25) is 0 Å². The summed E-state index contributed by atoms with van der Waals surface area (Å²) in [4.78, 5) is 12.1. The van der Waals surface area contributed by atoms with Crippen molar-refractivity contribution in [1.29, 1.82) is 0 Å². The summed E-state index contributed by atoms with van der Waals surface area (Å²) in [5.41, 5.74) is 8.31. The predicted molar refractivity (Wildman–Crippen MR) is 65.4 cm³/mol. The van der Waals surface area contributed by atoms with Gasteiger partial charge in [0.2, 0.25) is 0 Å². The van der Waals surface area contributed by atoms with Gasteiger partial charge in [0.15, 0.2) is 10.5 Å². The average Bonchev–Trinajstić information content (AvgIpc) is 2.63. The van der Waals surface area contributed by atoms with Gasteiger partial charge in [0.1, 0.15) is 0 Å². The third kappa shape index (κ3) is 1.88. The van der Waals surface area contributed by atoms with Crippen LogP contribution >= 0.6 is 15.9 Å². The van der Waals surface area contributed by atoms with E-state index < -0.39 is 0 Å². The third-order valence-electron chi connectivity index (χ3n) is 2.36. The van der Waals surface area contributed by atoms with Crippen molar-refractivity contribution in [3.05, 3.63) is 51.9 Å². The van der Waals surface area contributed by atoms with Crippen LogP contribution in [0.15, 0.2) is 39.6 Å². The molecule has 0 aliphatic carbocycles. The zero-order chi connectivity index (χ0) is 11.7. The van der Waals surface area contributed by atoms with Crippen molar-refractivity contribution in [3.63, 3.8) is 0 Å². The van der Waals surface area contributed by atoms with Gasteiger partial charge < -0.3 is 10.2 Å². The van der Waals surface area contributed by atoms with E-state index in [9.17, 15) is 4.79 Å². The Kier molecular flexibility index (Phi) is 2.83. The molecule has 0 spiro atoms. The van der Waals surface area contributed by atoms with E-state index in [0.29, 0.717) is 21.5 Å². The van der Waals surface area contributed by atoms with Crippen LogP contribution < -0.4 is 5.73 Å². The molecule has 0 saturated heterocycles. The van der Waals surface area contributed by atoms with Crippen LogP contribution in [0.1, 0.15) is 21.5 Å². The molecule has 0 unspecified atom stereocenters. The monoisotopic (exact) mass is 279 g/mol. The molecule has 4 heteroatoms. The number of carbonyl (C=O) groups excluding carboxylic acids is 1. The maximum atomic E-state index is 12.1. The highest BCUT2D eigenvalue weighted by molar-refractivity contribution is 9.10. The summed E-state index contributed by atoms with van der Waals surface area (Å²) >= 11 is 3.19. The molecule has 0 bridgehead atoms. The summed E-state index contributed by atoms with van der Waals surface area (Å²) < 4.78 is 5.49. The molecule has 0 amide bonds. The minimum absolute atomic E-state index is 0.0712. The molecule has 1 heterocycles. The van der Waals surface area contributed by atoms with Crippen LogP contribution in [0, 0.1) is 6.92 Å². The number of rotatable bonds is 2. The van der Waals surface area contributed by atoms with Crippen molar-refractivity contribution < 1.29 is 9.21 Å². The van der Waals surface area contributed by atoms with Gasteiger partial charge in [0.05, 0.1) is 11.8 Å². The molecule has 0 aliphatic rings. The molecule has 2 rings (SSSR count). The molecule has 0 atom stereocenters. The second kappa shape index (κ2) is 4.14. The second-order valence-corrected chi connectivity index (χ2v) is 4.23. The molecular weight excluding hydrogens is 270 g/mol. The summed E-state index contributed by atoms with van der Waals surface area (Å²) in [6, 6.07) is 6.87. The van der Waals surface area contributed by atoms with Crippen LogP contribution in [0.3, 0.4) is 0 Å². The number of hydrogen-bond acceptors (Lipinski definition) is 3. The quantitative estimate of drug-likeness (QED) is 0.679. The van der Waals surface area contributed by atoms with E-state index in [0.717, 1.165) is 5.56 Å². The molecule has 2 N–H and O–H groups in total. The molecule has 0 fully saturated rings. The Bertz CT molecular complexity index is 546. The van der Waals surface area contributed by atoms with E-state index in [1.165, 1.54) is 6.26 Å². The number of ketones is 1. The number of halogens is 1. The molecule has 0 radical (unpaired) electrons. The third-order valence-corrected chi connectivity index (χ3v) is 2.97. The van der Waals surface area contributed by atoms with Gasteiger partial charge in [-0.1, -0.05) is 0 Å². The first-order valence-corrected chi connectivity index (χ1v) is 5.52. The molecule has 1 aromatic heterocycles. The van der Waals surface area contributed by atoms with Crippen LogP contribution in [-0.4, -0.2) is 5.78 Å². The van der Waals surface area contributed by atoms with Crippen molar-refractivity contribution in [2.24, 2.45) is 0 Å². The SMILES string of the molecule is Cc1cc(N)ccc1C(=O)c1ccoc1Br. The lowest BCUT2D eigenvalue weighted by Crippen LogP contribution is -2.03. The largest absolute Gasteiger partial charge is 0.457 e. The number of benzene rings is 1. The molecule has 1 aromatic carbocycles. The van der Waals surface area contributed by atoms with Gasteiger partial charge >= 0.3 is 0 Å². The lowest BCUT2D eigenvalue weighted by atomic mass is 10.0.